The molecule has 0 radical (unpaired) electrons. The summed E-state index contributed by atoms with van der Waals surface area (Å²) in [5.41, 5.74) is 5.37. The zero-order valence-electron chi connectivity index (χ0n) is 16.7. The molecule has 27 heavy (non-hydrogen) atoms. The second kappa shape index (κ2) is 8.53. The van der Waals surface area contributed by atoms with Gasteiger partial charge < -0.3 is 15.0 Å². The Kier molecular flexibility index (Phi) is 6.11. The molecule has 1 unspecified atom stereocenters. The lowest BCUT2D eigenvalue weighted by molar-refractivity contribution is -0.136. The third-order valence-corrected chi connectivity index (χ3v) is 4.81. The van der Waals surface area contributed by atoms with Crippen LogP contribution in [0.5, 0.6) is 0 Å². The van der Waals surface area contributed by atoms with Crippen LogP contribution in [-0.2, 0) is 9.53 Å². The van der Waals surface area contributed by atoms with Gasteiger partial charge >= 0.3 is 0 Å². The lowest BCUT2D eigenvalue weighted by atomic mass is 10.0. The number of carbonyl (C=O) groups excluding carboxylic acids is 1. The van der Waals surface area contributed by atoms with Crippen LogP contribution in [0.15, 0.2) is 36.4 Å². The van der Waals surface area contributed by atoms with Gasteiger partial charge in [-0.15, -0.1) is 0 Å². The molecule has 3 rings (SSSR count). The third-order valence-electron chi connectivity index (χ3n) is 4.81. The Morgan fingerprint density at radius 1 is 1.22 bits per heavy atom. The quantitative estimate of drug-likeness (QED) is 0.832. The Balaban J connectivity index is 1.67. The van der Waals surface area contributed by atoms with Crippen LogP contribution < -0.4 is 5.32 Å². The van der Waals surface area contributed by atoms with Crippen molar-refractivity contribution >= 4 is 17.3 Å². The minimum atomic E-state index is 0.0665. The lowest BCUT2D eigenvalue weighted by Crippen LogP contribution is -2.32. The van der Waals surface area contributed by atoms with Crippen molar-refractivity contribution in [2.45, 2.75) is 46.1 Å². The molecular weight excluding hydrogens is 338 g/mol. The Morgan fingerprint density at radius 3 is 2.67 bits per heavy atom. The summed E-state index contributed by atoms with van der Waals surface area (Å²) in [6.45, 7) is 9.61. The predicted octanol–water partition coefficient (Wildman–Crippen LogP) is 4.18. The maximum atomic E-state index is 12.3. The highest BCUT2D eigenvalue weighted by atomic mass is 16.5. The van der Waals surface area contributed by atoms with E-state index < -0.39 is 0 Å². The molecule has 1 N–H and O–H groups in total. The number of carbonyl (C=O) groups is 1. The second-order valence-corrected chi connectivity index (χ2v) is 7.60. The van der Waals surface area contributed by atoms with Crippen molar-refractivity contribution in [2.24, 2.45) is 0 Å². The molecule has 2 aromatic rings. The van der Waals surface area contributed by atoms with Crippen LogP contribution >= 0.6 is 0 Å². The van der Waals surface area contributed by atoms with E-state index in [1.54, 1.807) is 0 Å². The fourth-order valence-corrected chi connectivity index (χ4v) is 3.34. The van der Waals surface area contributed by atoms with Gasteiger partial charge in [-0.25, -0.2) is 0 Å². The first-order valence-corrected chi connectivity index (χ1v) is 9.62. The summed E-state index contributed by atoms with van der Waals surface area (Å²) >= 11 is 0. The molecule has 1 aromatic carbocycles. The lowest BCUT2D eigenvalue weighted by Gasteiger charge is -2.18. The molecule has 0 aliphatic carbocycles. The summed E-state index contributed by atoms with van der Waals surface area (Å²) in [6, 6.07) is 12.5. The maximum absolute atomic E-state index is 12.3. The number of ether oxygens (including phenoxy) is 1. The zero-order chi connectivity index (χ0) is 19.4. The van der Waals surface area contributed by atoms with Gasteiger partial charge in [0.05, 0.1) is 6.10 Å². The van der Waals surface area contributed by atoms with E-state index >= 15 is 0 Å². The number of nitrogens with zero attached hydrogens (tertiary/aromatic N) is 2. The zero-order valence-corrected chi connectivity index (χ0v) is 16.7. The van der Waals surface area contributed by atoms with Crippen LogP contribution in [0.2, 0.25) is 0 Å². The highest BCUT2D eigenvalue weighted by molar-refractivity contribution is 5.77. The minimum Gasteiger partial charge on any atom is -0.369 e. The van der Waals surface area contributed by atoms with Crippen LogP contribution in [0.3, 0.4) is 0 Å². The van der Waals surface area contributed by atoms with Crippen molar-refractivity contribution < 1.29 is 9.53 Å². The van der Waals surface area contributed by atoms with Crippen LogP contribution in [-0.4, -0.2) is 41.6 Å². The van der Waals surface area contributed by atoms with Crippen molar-refractivity contribution in [1.29, 1.82) is 0 Å². The first kappa shape index (κ1) is 19.4. The molecule has 0 bridgehead atoms. The first-order chi connectivity index (χ1) is 12.9. The van der Waals surface area contributed by atoms with E-state index in [4.69, 9.17) is 9.72 Å². The molecule has 1 aliphatic heterocycles. The summed E-state index contributed by atoms with van der Waals surface area (Å²) in [6.07, 6.45) is 1.01. The number of hydrogen-bond donors (Lipinski definition) is 1. The highest BCUT2D eigenvalue weighted by Crippen LogP contribution is 2.29. The monoisotopic (exact) mass is 367 g/mol. The van der Waals surface area contributed by atoms with Crippen molar-refractivity contribution in [3.8, 4) is 0 Å². The number of amides is 1. The SMILES string of the molecule is Cc1ccc(Nc2cc(C)nc(C3CCN(C(=O)COC(C)C)C3)c2)cc1. The highest BCUT2D eigenvalue weighted by Gasteiger charge is 2.28. The van der Waals surface area contributed by atoms with Gasteiger partial charge in [-0.2, -0.15) is 0 Å². The Morgan fingerprint density at radius 2 is 1.96 bits per heavy atom. The number of pyridine rings is 1. The summed E-state index contributed by atoms with van der Waals surface area (Å²) < 4.78 is 5.45. The Hall–Kier alpha value is -2.40. The molecule has 5 heteroatoms. The average Bonchev–Trinajstić information content (AvgIpc) is 3.11. The molecule has 1 aromatic heterocycles. The van der Waals surface area contributed by atoms with Crippen LogP contribution in [0, 0.1) is 13.8 Å². The molecule has 0 saturated carbocycles. The Labute approximate surface area is 161 Å². The van der Waals surface area contributed by atoms with E-state index in [1.807, 2.05) is 25.7 Å². The van der Waals surface area contributed by atoms with Gasteiger partial charge in [-0.05, 0) is 58.4 Å². The van der Waals surface area contributed by atoms with Crippen molar-refractivity contribution in [2.75, 3.05) is 25.0 Å². The van der Waals surface area contributed by atoms with Gasteiger partial charge in [-0.1, -0.05) is 17.7 Å². The number of nitrogens with one attached hydrogen (secondary N) is 1. The average molecular weight is 367 g/mol. The maximum Gasteiger partial charge on any atom is 0.248 e. The van der Waals surface area contributed by atoms with E-state index in [1.165, 1.54) is 5.56 Å². The van der Waals surface area contributed by atoms with Gasteiger partial charge in [0.15, 0.2) is 0 Å². The molecule has 1 amide bonds. The normalized spacial score (nSPS) is 16.8. The van der Waals surface area contributed by atoms with Crippen molar-refractivity contribution in [1.82, 2.24) is 9.88 Å². The molecule has 5 nitrogen and oxygen atoms in total. The first-order valence-electron chi connectivity index (χ1n) is 9.62. The number of benzene rings is 1. The number of aromatic nitrogens is 1. The standard InChI is InChI=1S/C22H29N3O2/c1-15(2)27-14-22(26)25-10-9-18(13-25)21-12-20(11-17(4)23-21)24-19-7-5-16(3)6-8-19/h5-8,11-12,15,18H,9-10,13-14H2,1-4H3,(H,23,24). The van der Waals surface area contributed by atoms with E-state index in [9.17, 15) is 4.79 Å². The van der Waals surface area contributed by atoms with Gasteiger partial charge in [-0.3, -0.25) is 9.78 Å². The largest absolute Gasteiger partial charge is 0.369 e. The number of anilines is 2. The number of hydrogen-bond acceptors (Lipinski definition) is 4. The summed E-state index contributed by atoms with van der Waals surface area (Å²) in [5, 5.41) is 3.46. The Bertz CT molecular complexity index is 787. The van der Waals surface area contributed by atoms with Crippen LogP contribution in [0.4, 0.5) is 11.4 Å². The van der Waals surface area contributed by atoms with E-state index in [-0.39, 0.29) is 24.5 Å². The van der Waals surface area contributed by atoms with Gasteiger partial charge in [0.2, 0.25) is 5.91 Å². The van der Waals surface area contributed by atoms with E-state index in [0.29, 0.717) is 6.54 Å². The number of likely N-dealkylation sites (tertiary alicyclic amines) is 1. The van der Waals surface area contributed by atoms with Crippen LogP contribution in [0.1, 0.15) is 43.1 Å². The predicted molar refractivity (Wildman–Crippen MR) is 108 cm³/mol. The summed E-state index contributed by atoms with van der Waals surface area (Å²) in [4.78, 5) is 18.9. The van der Waals surface area contributed by atoms with Crippen LogP contribution in [0.25, 0.3) is 0 Å². The smallest absolute Gasteiger partial charge is 0.248 e. The minimum absolute atomic E-state index is 0.0665. The molecule has 1 fully saturated rings. The molecule has 1 atom stereocenters. The number of aryl methyl sites for hydroxylation is 2. The van der Waals surface area contributed by atoms with Crippen molar-refractivity contribution in [3.05, 3.63) is 53.3 Å². The topological polar surface area (TPSA) is 54.5 Å². The van der Waals surface area contributed by atoms with Gasteiger partial charge in [0.1, 0.15) is 6.61 Å². The molecule has 0 spiro atoms. The number of rotatable bonds is 6. The summed E-state index contributed by atoms with van der Waals surface area (Å²) in [7, 11) is 0. The fraction of sp³-hybridized carbons (Fsp3) is 0.455. The molecular formula is C22H29N3O2. The second-order valence-electron chi connectivity index (χ2n) is 7.60. The fourth-order valence-electron chi connectivity index (χ4n) is 3.34. The molecule has 144 valence electrons. The third kappa shape index (κ3) is 5.30. The molecule has 1 saturated heterocycles. The summed E-state index contributed by atoms with van der Waals surface area (Å²) in [5.74, 6) is 0.336. The van der Waals surface area contributed by atoms with E-state index in [0.717, 1.165) is 35.7 Å². The van der Waals surface area contributed by atoms with Crippen molar-refractivity contribution in [3.63, 3.8) is 0 Å². The van der Waals surface area contributed by atoms with E-state index in [2.05, 4.69) is 48.6 Å². The molecule has 1 aliphatic rings. The molecule has 2 heterocycles. The van der Waals surface area contributed by atoms with Gasteiger partial charge in [0, 0.05) is 41.8 Å². The van der Waals surface area contributed by atoms with Gasteiger partial charge in [0.25, 0.3) is 0 Å².